The lowest BCUT2D eigenvalue weighted by Gasteiger charge is -2.34. The molecule has 7 nitrogen and oxygen atoms in total. The van der Waals surface area contributed by atoms with Crippen molar-refractivity contribution in [3.8, 4) is 0 Å². The lowest BCUT2D eigenvalue weighted by molar-refractivity contribution is -0.180. The van der Waals surface area contributed by atoms with E-state index in [1.54, 1.807) is 29.9 Å². The van der Waals surface area contributed by atoms with Crippen LogP contribution in [0.25, 0.3) is 10.9 Å². The van der Waals surface area contributed by atoms with Crippen LogP contribution in [0.3, 0.4) is 0 Å². The van der Waals surface area contributed by atoms with Crippen LogP contribution in [-0.2, 0) is 16.6 Å². The molecule has 2 saturated heterocycles. The van der Waals surface area contributed by atoms with Gasteiger partial charge >= 0.3 is 6.18 Å². The molecule has 3 atom stereocenters. The van der Waals surface area contributed by atoms with Crippen LogP contribution in [0.2, 0.25) is 0 Å². The zero-order chi connectivity index (χ0) is 20.8. The predicted molar refractivity (Wildman–Crippen MR) is 100 cm³/mol. The standard InChI is InChI=1S/C19H22F3N5O2/c1-27-15-8-10(24-14-6-7-23-9-13(14)19(20,21)22)2-3-11(15)17(26-27)12-4-5-16(28)25-18(12)29/h2-3,8,12-14,23-24H,4-7,9H2,1H3,(H,25,28,29)/t12?,13-,14+/m0/s1. The topological polar surface area (TPSA) is 88.0 Å². The van der Waals surface area contributed by atoms with Gasteiger partial charge in [0.2, 0.25) is 11.8 Å². The fourth-order valence-electron chi connectivity index (χ4n) is 4.18. The number of rotatable bonds is 3. The minimum atomic E-state index is -4.28. The average molecular weight is 409 g/mol. The number of amides is 2. The molecule has 2 aliphatic rings. The fraction of sp³-hybridized carbons (Fsp3) is 0.526. The summed E-state index contributed by atoms with van der Waals surface area (Å²) < 4.78 is 41.6. The first kappa shape index (κ1) is 19.7. The molecule has 3 N–H and O–H groups in total. The summed E-state index contributed by atoms with van der Waals surface area (Å²) >= 11 is 0. The second-order valence-electron chi connectivity index (χ2n) is 7.64. The van der Waals surface area contributed by atoms with Gasteiger partial charge in [-0.3, -0.25) is 19.6 Å². The van der Waals surface area contributed by atoms with E-state index in [-0.39, 0.29) is 24.8 Å². The Morgan fingerprint density at radius 3 is 2.76 bits per heavy atom. The minimum absolute atomic E-state index is 0.102. The van der Waals surface area contributed by atoms with Crippen molar-refractivity contribution in [3.05, 3.63) is 23.9 Å². The number of alkyl halides is 3. The van der Waals surface area contributed by atoms with Crippen molar-refractivity contribution in [2.75, 3.05) is 18.4 Å². The molecule has 2 fully saturated rings. The summed E-state index contributed by atoms with van der Waals surface area (Å²) in [6.45, 7) is 0.423. The summed E-state index contributed by atoms with van der Waals surface area (Å²) in [5, 5.41) is 13.4. The van der Waals surface area contributed by atoms with Crippen molar-refractivity contribution < 1.29 is 22.8 Å². The molecule has 10 heteroatoms. The molecule has 2 amide bonds. The van der Waals surface area contributed by atoms with E-state index in [1.165, 1.54) is 0 Å². The van der Waals surface area contributed by atoms with Crippen molar-refractivity contribution in [2.24, 2.45) is 13.0 Å². The molecular weight excluding hydrogens is 387 g/mol. The van der Waals surface area contributed by atoms with Crippen LogP contribution >= 0.6 is 0 Å². The first-order valence-corrected chi connectivity index (χ1v) is 9.58. The summed E-state index contributed by atoms with van der Waals surface area (Å²) in [6.07, 6.45) is -3.27. The van der Waals surface area contributed by atoms with E-state index in [0.29, 0.717) is 36.3 Å². The Hall–Kier alpha value is -2.62. The number of halogens is 3. The number of hydrogen-bond acceptors (Lipinski definition) is 5. The number of aryl methyl sites for hydroxylation is 1. The van der Waals surface area contributed by atoms with Crippen molar-refractivity contribution in [2.45, 2.75) is 37.4 Å². The number of imide groups is 1. The smallest absolute Gasteiger partial charge is 0.382 e. The van der Waals surface area contributed by atoms with Crippen molar-refractivity contribution in [1.82, 2.24) is 20.4 Å². The molecule has 1 aromatic carbocycles. The van der Waals surface area contributed by atoms with Crippen LogP contribution in [0.4, 0.5) is 18.9 Å². The second kappa shape index (κ2) is 7.33. The quantitative estimate of drug-likeness (QED) is 0.676. The van der Waals surface area contributed by atoms with Crippen LogP contribution in [0.5, 0.6) is 0 Å². The number of anilines is 1. The number of hydrogen-bond donors (Lipinski definition) is 3. The summed E-state index contributed by atoms with van der Waals surface area (Å²) in [6, 6.07) is 4.53. The Labute approximate surface area is 165 Å². The average Bonchev–Trinajstić information content (AvgIpc) is 2.97. The van der Waals surface area contributed by atoms with Crippen molar-refractivity contribution in [1.29, 1.82) is 0 Å². The molecule has 0 radical (unpaired) electrons. The fourth-order valence-corrected chi connectivity index (χ4v) is 4.18. The van der Waals surface area contributed by atoms with Gasteiger partial charge < -0.3 is 10.6 Å². The number of carbonyl (C=O) groups excluding carboxylic acids is 2. The molecule has 0 spiro atoms. The first-order valence-electron chi connectivity index (χ1n) is 9.58. The van der Waals surface area contributed by atoms with Gasteiger partial charge in [-0.05, 0) is 37.6 Å². The molecule has 1 unspecified atom stereocenters. The summed E-state index contributed by atoms with van der Waals surface area (Å²) in [5.74, 6) is -2.64. The van der Waals surface area contributed by atoms with Gasteiger partial charge in [0.05, 0.1) is 23.0 Å². The van der Waals surface area contributed by atoms with E-state index >= 15 is 0 Å². The molecule has 29 heavy (non-hydrogen) atoms. The molecule has 0 bridgehead atoms. The van der Waals surface area contributed by atoms with E-state index in [1.807, 2.05) is 0 Å². The summed E-state index contributed by atoms with van der Waals surface area (Å²) in [5.41, 5.74) is 1.87. The SMILES string of the molecule is Cn1nc(C2CCC(=O)NC2=O)c2ccc(N[C@@H]3CCNC[C@@H]3C(F)(F)F)cc21. The number of piperidine rings is 2. The zero-order valence-corrected chi connectivity index (χ0v) is 15.8. The highest BCUT2D eigenvalue weighted by Crippen LogP contribution is 2.35. The van der Waals surface area contributed by atoms with E-state index in [4.69, 9.17) is 0 Å². The molecule has 156 valence electrons. The molecule has 0 aliphatic carbocycles. The Morgan fingerprint density at radius 2 is 2.03 bits per heavy atom. The van der Waals surface area contributed by atoms with Crippen LogP contribution in [0.1, 0.15) is 30.9 Å². The largest absolute Gasteiger partial charge is 0.394 e. The third kappa shape index (κ3) is 3.81. The highest BCUT2D eigenvalue weighted by Gasteiger charge is 2.45. The number of nitrogens with one attached hydrogen (secondary N) is 3. The van der Waals surface area contributed by atoms with Crippen molar-refractivity contribution >= 4 is 28.4 Å². The lowest BCUT2D eigenvalue weighted by Crippen LogP contribution is -2.50. The Morgan fingerprint density at radius 1 is 1.24 bits per heavy atom. The van der Waals surface area contributed by atoms with Crippen molar-refractivity contribution in [3.63, 3.8) is 0 Å². The van der Waals surface area contributed by atoms with Crippen LogP contribution in [0.15, 0.2) is 18.2 Å². The maximum Gasteiger partial charge on any atom is 0.394 e. The molecule has 2 aliphatic heterocycles. The Kier molecular flexibility index (Phi) is 4.97. The van der Waals surface area contributed by atoms with E-state index in [9.17, 15) is 22.8 Å². The Balaban J connectivity index is 1.61. The molecule has 1 aromatic heterocycles. The monoisotopic (exact) mass is 409 g/mol. The Bertz CT molecular complexity index is 955. The second-order valence-corrected chi connectivity index (χ2v) is 7.64. The van der Waals surface area contributed by atoms with Crippen LogP contribution in [0, 0.1) is 5.92 Å². The molecular formula is C19H22F3N5O2. The van der Waals surface area contributed by atoms with Gasteiger partial charge in [0.15, 0.2) is 0 Å². The van der Waals surface area contributed by atoms with E-state index in [2.05, 4.69) is 21.0 Å². The normalized spacial score (nSPS) is 25.9. The maximum atomic E-state index is 13.3. The number of fused-ring (bicyclic) bond motifs is 1. The highest BCUT2D eigenvalue weighted by atomic mass is 19.4. The van der Waals surface area contributed by atoms with Gasteiger partial charge in [0, 0.05) is 37.1 Å². The molecule has 3 heterocycles. The maximum absolute atomic E-state index is 13.3. The van der Waals surface area contributed by atoms with Crippen LogP contribution in [-0.4, -0.2) is 46.9 Å². The molecule has 0 saturated carbocycles. The zero-order valence-electron chi connectivity index (χ0n) is 15.8. The van der Waals surface area contributed by atoms with Gasteiger partial charge in [-0.15, -0.1) is 0 Å². The first-order chi connectivity index (χ1) is 13.7. The van der Waals surface area contributed by atoms with Crippen LogP contribution < -0.4 is 16.0 Å². The number of carbonyl (C=O) groups is 2. The van der Waals surface area contributed by atoms with E-state index in [0.717, 1.165) is 5.39 Å². The number of aromatic nitrogens is 2. The predicted octanol–water partition coefficient (Wildman–Crippen LogP) is 2.05. The summed E-state index contributed by atoms with van der Waals surface area (Å²) in [7, 11) is 1.73. The highest BCUT2D eigenvalue weighted by molar-refractivity contribution is 6.02. The van der Waals surface area contributed by atoms with E-state index < -0.39 is 24.1 Å². The lowest BCUT2D eigenvalue weighted by atomic mass is 9.92. The van der Waals surface area contributed by atoms with Gasteiger partial charge in [0.25, 0.3) is 0 Å². The van der Waals surface area contributed by atoms with Gasteiger partial charge in [-0.25, -0.2) is 0 Å². The molecule has 4 rings (SSSR count). The molecule has 2 aromatic rings. The third-order valence-electron chi connectivity index (χ3n) is 5.70. The third-order valence-corrected chi connectivity index (χ3v) is 5.70. The number of nitrogens with zero attached hydrogens (tertiary/aromatic N) is 2. The summed E-state index contributed by atoms with van der Waals surface area (Å²) in [4.78, 5) is 23.6. The number of benzene rings is 1. The van der Waals surface area contributed by atoms with Gasteiger partial charge in [-0.2, -0.15) is 18.3 Å². The van der Waals surface area contributed by atoms with Gasteiger partial charge in [0.1, 0.15) is 0 Å². The van der Waals surface area contributed by atoms with Gasteiger partial charge in [-0.1, -0.05) is 0 Å². The minimum Gasteiger partial charge on any atom is -0.382 e.